The molecule has 0 bridgehead atoms. The Balaban J connectivity index is 3.41. The van der Waals surface area contributed by atoms with Gasteiger partial charge >= 0.3 is 35.8 Å². The Kier molecular flexibility index (Phi) is 5.72. The summed E-state index contributed by atoms with van der Waals surface area (Å²) in [6, 6.07) is 1.52. The van der Waals surface area contributed by atoms with E-state index in [2.05, 4.69) is 0 Å². The lowest BCUT2D eigenvalue weighted by atomic mass is 9.90. The number of carboxylic acid groups (broad SMARTS) is 4. The van der Waals surface area contributed by atoms with Gasteiger partial charge in [0, 0.05) is 24.6 Å². The molecule has 0 aliphatic heterocycles. The fraction of sp³-hybridized carbons (Fsp3) is 0.111. The minimum atomic E-state index is -1.90. The molecule has 0 fully saturated rings. The third kappa shape index (κ3) is 3.73. The molecule has 0 unspecified atom stereocenters. The van der Waals surface area contributed by atoms with Crippen LogP contribution in [-0.4, -0.2) is 56.2 Å². The standard InChI is InChI=1S/C18H12O12/c1-5(19)29-13-11(17(25)26)9-7(15(21)22)3-4-8(16(23)24)10(9)12(18(27)28)14(13)30-6(2)20/h3-4H,1-2H3,(H,21,22)(H,23,24)(H,25,26)(H,27,28). The van der Waals surface area contributed by atoms with Crippen molar-refractivity contribution in [2.45, 2.75) is 13.8 Å². The molecule has 12 heteroatoms. The molecule has 0 heterocycles. The van der Waals surface area contributed by atoms with Gasteiger partial charge in [0.15, 0.2) is 11.5 Å². The van der Waals surface area contributed by atoms with E-state index < -0.39 is 80.3 Å². The second-order valence-corrected chi connectivity index (χ2v) is 5.73. The summed E-state index contributed by atoms with van der Waals surface area (Å²) in [5.74, 6) is -11.6. The lowest BCUT2D eigenvalue weighted by Gasteiger charge is -2.19. The summed E-state index contributed by atoms with van der Waals surface area (Å²) in [5.41, 5.74) is -3.70. The van der Waals surface area contributed by atoms with Crippen molar-refractivity contribution in [3.8, 4) is 11.5 Å². The zero-order valence-corrected chi connectivity index (χ0v) is 15.2. The molecular weight excluding hydrogens is 408 g/mol. The highest BCUT2D eigenvalue weighted by Crippen LogP contribution is 2.45. The number of hydrogen-bond acceptors (Lipinski definition) is 8. The molecule has 0 saturated carbocycles. The highest BCUT2D eigenvalue weighted by molar-refractivity contribution is 6.24. The van der Waals surface area contributed by atoms with E-state index in [1.54, 1.807) is 0 Å². The van der Waals surface area contributed by atoms with Crippen molar-refractivity contribution in [2.75, 3.05) is 0 Å². The Labute approximate surface area is 165 Å². The highest BCUT2D eigenvalue weighted by Gasteiger charge is 2.35. The van der Waals surface area contributed by atoms with Gasteiger partial charge in [-0.15, -0.1) is 0 Å². The van der Waals surface area contributed by atoms with E-state index in [1.807, 2.05) is 0 Å². The highest BCUT2D eigenvalue weighted by atomic mass is 16.6. The first kappa shape index (κ1) is 21.8. The maximum absolute atomic E-state index is 12.0. The number of hydrogen-bond donors (Lipinski definition) is 4. The number of esters is 2. The number of carbonyl (C=O) groups is 6. The molecule has 0 aliphatic rings. The van der Waals surface area contributed by atoms with Gasteiger partial charge in [0.1, 0.15) is 11.1 Å². The van der Waals surface area contributed by atoms with Crippen molar-refractivity contribution in [1.29, 1.82) is 0 Å². The van der Waals surface area contributed by atoms with E-state index in [0.717, 1.165) is 26.0 Å². The Bertz CT molecular complexity index is 1070. The topological polar surface area (TPSA) is 202 Å². The molecule has 0 radical (unpaired) electrons. The van der Waals surface area contributed by atoms with Gasteiger partial charge in [-0.2, -0.15) is 0 Å². The molecule has 2 aromatic rings. The number of aromatic carboxylic acids is 4. The molecule has 0 aromatic heterocycles. The molecule has 30 heavy (non-hydrogen) atoms. The normalized spacial score (nSPS) is 10.3. The van der Waals surface area contributed by atoms with E-state index in [4.69, 9.17) is 9.47 Å². The van der Waals surface area contributed by atoms with E-state index in [9.17, 15) is 49.2 Å². The average Bonchev–Trinajstić information content (AvgIpc) is 2.59. The predicted octanol–water partition coefficient (Wildman–Crippen LogP) is 1.48. The van der Waals surface area contributed by atoms with Gasteiger partial charge in [-0.05, 0) is 12.1 Å². The number of ether oxygens (including phenoxy) is 2. The first-order valence-electron chi connectivity index (χ1n) is 7.85. The second kappa shape index (κ2) is 7.87. The summed E-state index contributed by atoms with van der Waals surface area (Å²) >= 11 is 0. The zero-order chi connectivity index (χ0) is 22.9. The lowest BCUT2D eigenvalue weighted by molar-refractivity contribution is -0.134. The van der Waals surface area contributed by atoms with Gasteiger partial charge in [0.2, 0.25) is 0 Å². The zero-order valence-electron chi connectivity index (χ0n) is 15.2. The van der Waals surface area contributed by atoms with E-state index >= 15 is 0 Å². The lowest BCUT2D eigenvalue weighted by Crippen LogP contribution is -2.18. The fourth-order valence-electron chi connectivity index (χ4n) is 2.82. The van der Waals surface area contributed by atoms with E-state index in [0.29, 0.717) is 0 Å². The van der Waals surface area contributed by atoms with Crippen LogP contribution in [0, 0.1) is 0 Å². The summed E-state index contributed by atoms with van der Waals surface area (Å²) in [6.45, 7) is 1.67. The van der Waals surface area contributed by atoms with Crippen LogP contribution in [0.2, 0.25) is 0 Å². The van der Waals surface area contributed by atoms with Crippen molar-refractivity contribution >= 4 is 46.6 Å². The van der Waals surface area contributed by atoms with Gasteiger partial charge < -0.3 is 29.9 Å². The first-order chi connectivity index (χ1) is 13.9. The third-order valence-corrected chi connectivity index (χ3v) is 3.75. The second-order valence-electron chi connectivity index (χ2n) is 5.73. The van der Waals surface area contributed by atoms with E-state index in [1.165, 1.54) is 0 Å². The molecule has 2 aromatic carbocycles. The number of rotatable bonds is 6. The Morgan fingerprint density at radius 2 is 0.900 bits per heavy atom. The smallest absolute Gasteiger partial charge is 0.340 e. The minimum Gasteiger partial charge on any atom is -0.478 e. The van der Waals surface area contributed by atoms with Crippen LogP contribution in [0.4, 0.5) is 0 Å². The van der Waals surface area contributed by atoms with Crippen molar-refractivity contribution < 1.29 is 58.7 Å². The van der Waals surface area contributed by atoms with Gasteiger partial charge in [0.05, 0.1) is 11.1 Å². The van der Waals surface area contributed by atoms with Gasteiger partial charge in [-0.1, -0.05) is 0 Å². The molecule has 0 spiro atoms. The van der Waals surface area contributed by atoms with Crippen LogP contribution >= 0.6 is 0 Å². The fourth-order valence-corrected chi connectivity index (χ4v) is 2.82. The van der Waals surface area contributed by atoms with Crippen LogP contribution in [0.1, 0.15) is 55.3 Å². The maximum atomic E-state index is 12.0. The third-order valence-electron chi connectivity index (χ3n) is 3.75. The molecule has 2 rings (SSSR count). The first-order valence-corrected chi connectivity index (χ1v) is 7.85. The summed E-state index contributed by atoms with van der Waals surface area (Å²) in [5, 5.41) is 36.6. The summed E-state index contributed by atoms with van der Waals surface area (Å²) in [4.78, 5) is 70.3. The van der Waals surface area contributed by atoms with Crippen LogP contribution in [0.5, 0.6) is 11.5 Å². The van der Waals surface area contributed by atoms with E-state index in [-0.39, 0.29) is 0 Å². The molecule has 0 saturated heterocycles. The molecule has 12 nitrogen and oxygen atoms in total. The van der Waals surface area contributed by atoms with Crippen LogP contribution in [0.15, 0.2) is 12.1 Å². The van der Waals surface area contributed by atoms with Crippen molar-refractivity contribution in [3.05, 3.63) is 34.4 Å². The van der Waals surface area contributed by atoms with Crippen LogP contribution in [0.3, 0.4) is 0 Å². The van der Waals surface area contributed by atoms with Gasteiger partial charge in [-0.25, -0.2) is 19.2 Å². The van der Waals surface area contributed by atoms with Gasteiger partial charge in [-0.3, -0.25) is 9.59 Å². The SMILES string of the molecule is CC(=O)Oc1c(OC(C)=O)c(C(=O)O)c2c(C(=O)O)ccc(C(=O)O)c2c1C(=O)O. The van der Waals surface area contributed by atoms with Crippen LogP contribution < -0.4 is 9.47 Å². The molecular formula is C18H12O12. The monoisotopic (exact) mass is 420 g/mol. The number of carboxylic acids is 4. The van der Waals surface area contributed by atoms with Crippen molar-refractivity contribution in [2.24, 2.45) is 0 Å². The quantitative estimate of drug-likeness (QED) is 0.388. The number of benzene rings is 2. The Hall–Kier alpha value is -4.48. The summed E-state index contributed by atoms with van der Waals surface area (Å²) in [6.07, 6.45) is 0. The molecule has 156 valence electrons. The molecule has 0 amide bonds. The van der Waals surface area contributed by atoms with Crippen molar-refractivity contribution in [3.63, 3.8) is 0 Å². The summed E-state index contributed by atoms with van der Waals surface area (Å²) in [7, 11) is 0. The summed E-state index contributed by atoms with van der Waals surface area (Å²) < 4.78 is 9.54. The number of carbonyl (C=O) groups excluding carboxylic acids is 2. The molecule has 0 aliphatic carbocycles. The van der Waals surface area contributed by atoms with Crippen LogP contribution in [-0.2, 0) is 9.59 Å². The average molecular weight is 420 g/mol. The van der Waals surface area contributed by atoms with Gasteiger partial charge in [0.25, 0.3) is 0 Å². The van der Waals surface area contributed by atoms with Crippen molar-refractivity contribution in [1.82, 2.24) is 0 Å². The predicted molar refractivity (Wildman–Crippen MR) is 94.4 cm³/mol. The minimum absolute atomic E-state index is 0.759. The molecule has 4 N–H and O–H groups in total. The maximum Gasteiger partial charge on any atom is 0.340 e. The Morgan fingerprint density at radius 3 is 1.10 bits per heavy atom. The van der Waals surface area contributed by atoms with Crippen LogP contribution in [0.25, 0.3) is 10.8 Å². The molecule has 0 atom stereocenters. The largest absolute Gasteiger partial charge is 0.478 e. The Morgan fingerprint density at radius 1 is 0.600 bits per heavy atom. The number of fused-ring (bicyclic) bond motifs is 1.